The van der Waals surface area contributed by atoms with Crippen LogP contribution in [0.5, 0.6) is 5.75 Å². The van der Waals surface area contributed by atoms with Gasteiger partial charge in [-0.3, -0.25) is 9.59 Å². The molecule has 2 amide bonds. The molecule has 2 N–H and O–H groups in total. The number of nitrogens with one attached hydrogen (secondary N) is 2. The first-order valence-corrected chi connectivity index (χ1v) is 12.2. The molecule has 0 aliphatic carbocycles. The van der Waals surface area contributed by atoms with Crippen LogP contribution < -0.4 is 14.8 Å². The van der Waals surface area contributed by atoms with Crippen LogP contribution in [0.15, 0.2) is 59.5 Å². The van der Waals surface area contributed by atoms with Crippen LogP contribution in [0.1, 0.15) is 26.2 Å². The molecule has 1 saturated heterocycles. The number of carbonyl (C=O) groups excluding carboxylic acids is 2. The number of hydrogen-bond donors (Lipinski definition) is 2. The summed E-state index contributed by atoms with van der Waals surface area (Å²) < 4.78 is 32.6. The summed E-state index contributed by atoms with van der Waals surface area (Å²) >= 11 is 0. The molecular weight excluding hydrogens is 430 g/mol. The fourth-order valence-corrected chi connectivity index (χ4v) is 4.60. The molecule has 0 atom stereocenters. The largest absolute Gasteiger partial charge is 0.494 e. The van der Waals surface area contributed by atoms with Crippen molar-refractivity contribution in [2.24, 2.45) is 5.92 Å². The molecule has 0 radical (unpaired) electrons. The Kier molecular flexibility index (Phi) is 8.24. The summed E-state index contributed by atoms with van der Waals surface area (Å²) in [6.45, 7) is 3.34. The number of nitrogens with zero attached hydrogens (tertiary/aromatic N) is 1. The first-order chi connectivity index (χ1) is 15.4. The second kappa shape index (κ2) is 11.1. The van der Waals surface area contributed by atoms with Gasteiger partial charge in [-0.15, -0.1) is 0 Å². The average Bonchev–Trinajstić information content (AvgIpc) is 2.80. The lowest BCUT2D eigenvalue weighted by Crippen LogP contribution is -2.42. The van der Waals surface area contributed by atoms with Crippen LogP contribution in [-0.4, -0.2) is 51.4 Å². The van der Waals surface area contributed by atoms with E-state index in [2.05, 4.69) is 10.0 Å². The Labute approximate surface area is 189 Å². The molecule has 0 bridgehead atoms. The Balaban J connectivity index is 1.41. The third-order valence-electron chi connectivity index (χ3n) is 5.34. The number of rotatable bonds is 9. The van der Waals surface area contributed by atoms with Crippen molar-refractivity contribution in [3.63, 3.8) is 0 Å². The second-order valence-corrected chi connectivity index (χ2v) is 9.33. The van der Waals surface area contributed by atoms with E-state index >= 15 is 0 Å². The van der Waals surface area contributed by atoms with Crippen molar-refractivity contribution >= 4 is 27.5 Å². The van der Waals surface area contributed by atoms with Crippen LogP contribution in [0.3, 0.4) is 0 Å². The van der Waals surface area contributed by atoms with Gasteiger partial charge in [-0.2, -0.15) is 0 Å². The number of benzene rings is 2. The number of likely N-dealkylation sites (tertiary alicyclic amines) is 1. The Morgan fingerprint density at radius 2 is 1.69 bits per heavy atom. The first-order valence-electron chi connectivity index (χ1n) is 10.8. The van der Waals surface area contributed by atoms with E-state index in [9.17, 15) is 18.0 Å². The maximum absolute atomic E-state index is 12.5. The van der Waals surface area contributed by atoms with Gasteiger partial charge in [0, 0.05) is 37.7 Å². The molecule has 9 heteroatoms. The summed E-state index contributed by atoms with van der Waals surface area (Å²) in [7, 11) is -3.70. The van der Waals surface area contributed by atoms with E-state index < -0.39 is 10.0 Å². The fraction of sp³-hybridized carbons (Fsp3) is 0.391. The highest BCUT2D eigenvalue weighted by Gasteiger charge is 2.27. The second-order valence-electron chi connectivity index (χ2n) is 7.56. The molecule has 0 saturated carbocycles. The number of amides is 2. The van der Waals surface area contributed by atoms with E-state index in [4.69, 9.17) is 4.74 Å². The first kappa shape index (κ1) is 23.7. The van der Waals surface area contributed by atoms with E-state index in [1.165, 1.54) is 12.1 Å². The Bertz CT molecular complexity index is 1000. The number of anilines is 1. The molecule has 32 heavy (non-hydrogen) atoms. The van der Waals surface area contributed by atoms with Gasteiger partial charge in [0.1, 0.15) is 5.75 Å². The van der Waals surface area contributed by atoms with Gasteiger partial charge in [-0.1, -0.05) is 18.2 Å². The van der Waals surface area contributed by atoms with E-state index in [1.54, 1.807) is 17.0 Å². The molecule has 172 valence electrons. The van der Waals surface area contributed by atoms with Crippen molar-refractivity contribution in [2.75, 3.05) is 31.6 Å². The number of piperidine rings is 1. The van der Waals surface area contributed by atoms with Gasteiger partial charge in [0.2, 0.25) is 21.8 Å². The zero-order valence-electron chi connectivity index (χ0n) is 18.1. The summed E-state index contributed by atoms with van der Waals surface area (Å²) in [5.74, 6) is 0.299. The van der Waals surface area contributed by atoms with Crippen molar-refractivity contribution in [2.45, 2.75) is 31.1 Å². The van der Waals surface area contributed by atoms with Gasteiger partial charge < -0.3 is 15.0 Å². The lowest BCUT2D eigenvalue weighted by atomic mass is 9.95. The van der Waals surface area contributed by atoms with Gasteiger partial charge in [-0.25, -0.2) is 13.1 Å². The normalized spacial score (nSPS) is 14.7. The molecule has 1 heterocycles. The SMILES string of the molecule is CCOc1ccc(S(=O)(=O)NCCC(=O)N2CCC(C(=O)Nc3ccccc3)CC2)cc1. The molecule has 1 fully saturated rings. The molecule has 1 aliphatic heterocycles. The number of sulfonamides is 1. The quantitative estimate of drug-likeness (QED) is 0.600. The third-order valence-corrected chi connectivity index (χ3v) is 6.81. The smallest absolute Gasteiger partial charge is 0.240 e. The molecule has 0 spiro atoms. The highest BCUT2D eigenvalue weighted by atomic mass is 32.2. The van der Waals surface area contributed by atoms with E-state index in [0.29, 0.717) is 38.3 Å². The van der Waals surface area contributed by atoms with Gasteiger partial charge in [0.05, 0.1) is 11.5 Å². The minimum atomic E-state index is -3.70. The van der Waals surface area contributed by atoms with Crippen molar-refractivity contribution in [1.82, 2.24) is 9.62 Å². The van der Waals surface area contributed by atoms with Crippen LogP contribution >= 0.6 is 0 Å². The standard InChI is InChI=1S/C23H29N3O5S/c1-2-31-20-8-10-21(11-9-20)32(29,30)24-15-12-22(27)26-16-13-18(14-17-26)23(28)25-19-6-4-3-5-7-19/h3-11,18,24H,2,12-17H2,1H3,(H,25,28). The lowest BCUT2D eigenvalue weighted by Gasteiger charge is -2.31. The molecule has 2 aromatic carbocycles. The van der Waals surface area contributed by atoms with Crippen molar-refractivity contribution < 1.29 is 22.7 Å². The predicted molar refractivity (Wildman–Crippen MR) is 122 cm³/mol. The number of hydrogen-bond acceptors (Lipinski definition) is 5. The summed E-state index contributed by atoms with van der Waals surface area (Å²) in [5, 5.41) is 2.91. The van der Waals surface area contributed by atoms with Gasteiger partial charge in [0.15, 0.2) is 0 Å². The maximum atomic E-state index is 12.5. The van der Waals surface area contributed by atoms with Crippen LogP contribution in [-0.2, 0) is 19.6 Å². The lowest BCUT2D eigenvalue weighted by molar-refractivity contribution is -0.134. The van der Waals surface area contributed by atoms with Gasteiger partial charge in [-0.05, 0) is 56.2 Å². The van der Waals surface area contributed by atoms with Crippen LogP contribution in [0.2, 0.25) is 0 Å². The van der Waals surface area contributed by atoms with Crippen molar-refractivity contribution in [3.05, 3.63) is 54.6 Å². The third kappa shape index (κ3) is 6.54. The molecular formula is C23H29N3O5S. The Morgan fingerprint density at radius 1 is 1.03 bits per heavy atom. The zero-order valence-corrected chi connectivity index (χ0v) is 18.9. The number of ether oxygens (including phenoxy) is 1. The minimum absolute atomic E-state index is 0.0167. The molecule has 3 rings (SSSR count). The topological polar surface area (TPSA) is 105 Å². The van der Waals surface area contributed by atoms with Crippen molar-refractivity contribution in [3.8, 4) is 5.75 Å². The summed E-state index contributed by atoms with van der Waals surface area (Å²) in [6.07, 6.45) is 1.24. The Morgan fingerprint density at radius 3 is 2.31 bits per heavy atom. The summed E-state index contributed by atoms with van der Waals surface area (Å²) in [4.78, 5) is 26.7. The highest BCUT2D eigenvalue weighted by molar-refractivity contribution is 7.89. The minimum Gasteiger partial charge on any atom is -0.494 e. The van der Waals surface area contributed by atoms with Gasteiger partial charge >= 0.3 is 0 Å². The van der Waals surface area contributed by atoms with Crippen LogP contribution in [0.4, 0.5) is 5.69 Å². The van der Waals surface area contributed by atoms with Crippen LogP contribution in [0, 0.1) is 5.92 Å². The van der Waals surface area contributed by atoms with Crippen molar-refractivity contribution in [1.29, 1.82) is 0 Å². The number of para-hydroxylation sites is 1. The monoisotopic (exact) mass is 459 g/mol. The summed E-state index contributed by atoms with van der Waals surface area (Å²) in [5.41, 5.74) is 0.760. The summed E-state index contributed by atoms with van der Waals surface area (Å²) in [6, 6.07) is 15.4. The zero-order chi connectivity index (χ0) is 23.0. The Hall–Kier alpha value is -2.91. The van der Waals surface area contributed by atoms with Gasteiger partial charge in [0.25, 0.3) is 0 Å². The molecule has 8 nitrogen and oxygen atoms in total. The molecule has 0 aromatic heterocycles. The number of carbonyl (C=O) groups is 2. The molecule has 1 aliphatic rings. The van der Waals surface area contributed by atoms with E-state index in [-0.39, 0.29) is 35.6 Å². The predicted octanol–water partition coefficient (Wildman–Crippen LogP) is 2.63. The molecule has 0 unspecified atom stereocenters. The van der Waals surface area contributed by atoms with E-state index in [1.807, 2.05) is 37.3 Å². The van der Waals surface area contributed by atoms with Crippen LogP contribution in [0.25, 0.3) is 0 Å². The fourth-order valence-electron chi connectivity index (χ4n) is 3.57. The highest BCUT2D eigenvalue weighted by Crippen LogP contribution is 2.20. The molecule has 2 aromatic rings. The van der Waals surface area contributed by atoms with E-state index in [0.717, 1.165) is 5.69 Å². The average molecular weight is 460 g/mol. The maximum Gasteiger partial charge on any atom is 0.240 e.